The molecule has 1 saturated heterocycles. The van der Waals surface area contributed by atoms with Crippen molar-refractivity contribution in [2.45, 2.75) is 57.2 Å². The number of hydrogen-bond donors (Lipinski definition) is 2. The summed E-state index contributed by atoms with van der Waals surface area (Å²) in [6.07, 6.45) is 0.705. The molecule has 0 spiro atoms. The van der Waals surface area contributed by atoms with Crippen molar-refractivity contribution in [3.63, 3.8) is 0 Å². The zero-order valence-electron chi connectivity index (χ0n) is 14.0. The number of hydrogen-bond acceptors (Lipinski definition) is 3. The van der Waals surface area contributed by atoms with E-state index >= 15 is 0 Å². The largest absolute Gasteiger partial charge is 0.471 e. The normalized spacial score (nSPS) is 20.2. The maximum Gasteiger partial charge on any atom is 0.471 e. The minimum absolute atomic E-state index is 0.106. The van der Waals surface area contributed by atoms with Gasteiger partial charge < -0.3 is 15.5 Å². The van der Waals surface area contributed by atoms with Gasteiger partial charge in [-0.05, 0) is 25.7 Å². The van der Waals surface area contributed by atoms with E-state index in [1.807, 2.05) is 0 Å². The molecule has 0 atom stereocenters. The van der Waals surface area contributed by atoms with Gasteiger partial charge in [-0.2, -0.15) is 13.2 Å². The van der Waals surface area contributed by atoms with Gasteiger partial charge in [0.1, 0.15) is 0 Å². The van der Waals surface area contributed by atoms with Crippen LogP contribution in [-0.4, -0.2) is 54.5 Å². The van der Waals surface area contributed by atoms with Crippen LogP contribution < -0.4 is 10.6 Å². The van der Waals surface area contributed by atoms with Crippen LogP contribution in [0, 0.1) is 5.92 Å². The van der Waals surface area contributed by atoms with Crippen LogP contribution in [0.1, 0.15) is 44.9 Å². The summed E-state index contributed by atoms with van der Waals surface area (Å²) in [6.45, 7) is -0.341. The van der Waals surface area contributed by atoms with E-state index in [1.165, 1.54) is 6.42 Å². The SMILES string of the molecule is O=C(CNC(=O)C1CCN(C(=O)C(F)(F)F)CC1)NC1CCCCC1. The molecular formula is C16H24F3N3O3. The van der Waals surface area contributed by atoms with Gasteiger partial charge in [0.25, 0.3) is 0 Å². The summed E-state index contributed by atoms with van der Waals surface area (Å²) in [5.74, 6) is -2.93. The number of carbonyl (C=O) groups is 3. The van der Waals surface area contributed by atoms with Crippen molar-refractivity contribution >= 4 is 17.7 Å². The van der Waals surface area contributed by atoms with Gasteiger partial charge in [0.05, 0.1) is 6.54 Å². The molecule has 0 bridgehead atoms. The number of likely N-dealkylation sites (tertiary alicyclic amines) is 1. The Hall–Kier alpha value is -1.80. The molecule has 0 aromatic heterocycles. The Morgan fingerprint density at radius 2 is 1.56 bits per heavy atom. The van der Waals surface area contributed by atoms with Gasteiger partial charge in [0.15, 0.2) is 0 Å². The van der Waals surface area contributed by atoms with Crippen molar-refractivity contribution in [2.24, 2.45) is 5.92 Å². The topological polar surface area (TPSA) is 78.5 Å². The lowest BCUT2D eigenvalue weighted by atomic mass is 9.95. The molecule has 1 aliphatic heterocycles. The molecule has 142 valence electrons. The van der Waals surface area contributed by atoms with Crippen LogP contribution in [0.2, 0.25) is 0 Å². The minimum Gasteiger partial charge on any atom is -0.352 e. The van der Waals surface area contributed by atoms with Crippen molar-refractivity contribution in [3.05, 3.63) is 0 Å². The Bertz CT molecular complexity index is 497. The molecule has 1 heterocycles. The Balaban J connectivity index is 1.68. The highest BCUT2D eigenvalue weighted by Gasteiger charge is 2.43. The Labute approximate surface area is 144 Å². The third kappa shape index (κ3) is 5.89. The quantitative estimate of drug-likeness (QED) is 0.792. The van der Waals surface area contributed by atoms with Crippen molar-refractivity contribution in [2.75, 3.05) is 19.6 Å². The molecule has 2 rings (SSSR count). The Morgan fingerprint density at radius 1 is 0.960 bits per heavy atom. The van der Waals surface area contributed by atoms with Crippen molar-refractivity contribution in [1.29, 1.82) is 0 Å². The third-order valence-corrected chi connectivity index (χ3v) is 4.79. The van der Waals surface area contributed by atoms with Crippen LogP contribution in [-0.2, 0) is 14.4 Å². The van der Waals surface area contributed by atoms with E-state index in [4.69, 9.17) is 0 Å². The van der Waals surface area contributed by atoms with E-state index in [-0.39, 0.29) is 50.3 Å². The summed E-state index contributed by atoms with van der Waals surface area (Å²) in [5, 5.41) is 5.42. The first-order chi connectivity index (χ1) is 11.8. The van der Waals surface area contributed by atoms with Gasteiger partial charge in [-0.25, -0.2) is 0 Å². The Kier molecular flexibility index (Phi) is 6.66. The zero-order valence-corrected chi connectivity index (χ0v) is 14.0. The highest BCUT2D eigenvalue weighted by Crippen LogP contribution is 2.24. The van der Waals surface area contributed by atoms with Gasteiger partial charge in [-0.15, -0.1) is 0 Å². The summed E-state index contributed by atoms with van der Waals surface area (Å²) in [7, 11) is 0. The summed E-state index contributed by atoms with van der Waals surface area (Å²) in [4.78, 5) is 35.8. The molecule has 25 heavy (non-hydrogen) atoms. The first-order valence-electron chi connectivity index (χ1n) is 8.70. The van der Waals surface area contributed by atoms with Crippen molar-refractivity contribution < 1.29 is 27.6 Å². The number of nitrogens with zero attached hydrogens (tertiary/aromatic N) is 1. The summed E-state index contributed by atoms with van der Waals surface area (Å²) in [5.41, 5.74) is 0. The first kappa shape index (κ1) is 19.5. The van der Waals surface area contributed by atoms with Gasteiger partial charge in [-0.3, -0.25) is 14.4 Å². The fraction of sp³-hybridized carbons (Fsp3) is 0.812. The second-order valence-corrected chi connectivity index (χ2v) is 6.68. The van der Waals surface area contributed by atoms with Gasteiger partial charge >= 0.3 is 12.1 Å². The average Bonchev–Trinajstić information content (AvgIpc) is 2.59. The number of carbonyl (C=O) groups excluding carboxylic acids is 3. The molecule has 9 heteroatoms. The average molecular weight is 363 g/mol. The van der Waals surface area contributed by atoms with Crippen molar-refractivity contribution in [1.82, 2.24) is 15.5 Å². The number of amides is 3. The van der Waals surface area contributed by atoms with Gasteiger partial charge in [-0.1, -0.05) is 19.3 Å². The molecule has 3 amide bonds. The summed E-state index contributed by atoms with van der Waals surface area (Å²) < 4.78 is 37.1. The predicted octanol–water partition coefficient (Wildman–Crippen LogP) is 1.35. The molecule has 0 unspecified atom stereocenters. The summed E-state index contributed by atoms with van der Waals surface area (Å²) >= 11 is 0. The first-order valence-corrected chi connectivity index (χ1v) is 8.70. The van der Waals surface area contributed by atoms with Crippen LogP contribution in [0.25, 0.3) is 0 Å². The summed E-state index contributed by atoms with van der Waals surface area (Å²) in [6, 6.07) is 0.162. The van der Waals surface area contributed by atoms with Crippen LogP contribution in [0.4, 0.5) is 13.2 Å². The third-order valence-electron chi connectivity index (χ3n) is 4.79. The van der Waals surface area contributed by atoms with E-state index in [1.54, 1.807) is 0 Å². The van der Waals surface area contributed by atoms with Crippen molar-refractivity contribution in [3.8, 4) is 0 Å². The maximum atomic E-state index is 12.4. The zero-order chi connectivity index (χ0) is 18.4. The molecule has 2 aliphatic rings. The van der Waals surface area contributed by atoms with E-state index in [0.717, 1.165) is 30.6 Å². The number of rotatable bonds is 4. The predicted molar refractivity (Wildman–Crippen MR) is 83.4 cm³/mol. The Morgan fingerprint density at radius 3 is 2.12 bits per heavy atom. The molecule has 0 aromatic carbocycles. The standard InChI is InChI=1S/C16H24F3N3O3/c17-16(18,19)15(25)22-8-6-11(7-9-22)14(24)20-10-13(23)21-12-4-2-1-3-5-12/h11-12H,1-10H2,(H,20,24)(H,21,23). The lowest BCUT2D eigenvalue weighted by Gasteiger charge is -2.31. The number of nitrogens with one attached hydrogen (secondary N) is 2. The monoisotopic (exact) mass is 363 g/mol. The molecule has 1 aliphatic carbocycles. The molecule has 6 nitrogen and oxygen atoms in total. The van der Waals surface area contributed by atoms with Gasteiger partial charge in [0, 0.05) is 25.0 Å². The van der Waals surface area contributed by atoms with Gasteiger partial charge in [0.2, 0.25) is 11.8 Å². The van der Waals surface area contributed by atoms with E-state index in [2.05, 4.69) is 10.6 Å². The lowest BCUT2D eigenvalue weighted by Crippen LogP contribution is -2.48. The molecule has 2 fully saturated rings. The van der Waals surface area contributed by atoms with Crippen LogP contribution in [0.5, 0.6) is 0 Å². The molecule has 0 radical (unpaired) electrons. The second kappa shape index (κ2) is 8.53. The second-order valence-electron chi connectivity index (χ2n) is 6.68. The van der Waals surface area contributed by atoms with Crippen LogP contribution in [0.15, 0.2) is 0 Å². The number of piperidine rings is 1. The van der Waals surface area contributed by atoms with Crippen LogP contribution in [0.3, 0.4) is 0 Å². The minimum atomic E-state index is -4.88. The van der Waals surface area contributed by atoms with E-state index in [9.17, 15) is 27.6 Å². The van der Waals surface area contributed by atoms with E-state index < -0.39 is 18.0 Å². The number of halogens is 3. The molecule has 1 saturated carbocycles. The fourth-order valence-corrected chi connectivity index (χ4v) is 3.36. The molecule has 2 N–H and O–H groups in total. The van der Waals surface area contributed by atoms with E-state index in [0.29, 0.717) is 0 Å². The smallest absolute Gasteiger partial charge is 0.352 e. The molecular weight excluding hydrogens is 339 g/mol. The number of alkyl halides is 3. The van der Waals surface area contributed by atoms with Crippen LogP contribution >= 0.6 is 0 Å². The maximum absolute atomic E-state index is 12.4. The highest BCUT2D eigenvalue weighted by atomic mass is 19.4. The molecule has 0 aromatic rings. The lowest BCUT2D eigenvalue weighted by molar-refractivity contribution is -0.186. The fourth-order valence-electron chi connectivity index (χ4n) is 3.36. The highest BCUT2D eigenvalue weighted by molar-refractivity contribution is 5.86.